The van der Waals surface area contributed by atoms with Crippen LogP contribution in [-0.4, -0.2) is 4.68 Å². The molecular formula is C14H17BrN2. The van der Waals surface area contributed by atoms with E-state index in [4.69, 9.17) is 0 Å². The summed E-state index contributed by atoms with van der Waals surface area (Å²) in [6.07, 6.45) is 0. The fourth-order valence-corrected chi connectivity index (χ4v) is 2.26. The maximum atomic E-state index is 3.56. The number of nitrogens with one attached hydrogen (secondary N) is 1. The topological polar surface area (TPSA) is 17.0 Å². The van der Waals surface area contributed by atoms with Gasteiger partial charge < -0.3 is 5.43 Å². The molecule has 0 saturated heterocycles. The highest BCUT2D eigenvalue weighted by Crippen LogP contribution is 2.17. The lowest BCUT2D eigenvalue weighted by Gasteiger charge is -2.13. The first kappa shape index (κ1) is 12.2. The van der Waals surface area contributed by atoms with Crippen molar-refractivity contribution in [1.29, 1.82) is 0 Å². The normalized spacial score (nSPS) is 10.6. The summed E-state index contributed by atoms with van der Waals surface area (Å²) in [6.45, 7) is 7.13. The second-order valence-electron chi connectivity index (χ2n) is 4.37. The van der Waals surface area contributed by atoms with E-state index in [1.807, 2.05) is 0 Å². The van der Waals surface area contributed by atoms with E-state index < -0.39 is 0 Å². The van der Waals surface area contributed by atoms with Gasteiger partial charge in [0.2, 0.25) is 0 Å². The lowest BCUT2D eigenvalue weighted by atomic mass is 10.1. The summed E-state index contributed by atoms with van der Waals surface area (Å²) < 4.78 is 3.28. The monoisotopic (exact) mass is 292 g/mol. The van der Waals surface area contributed by atoms with E-state index in [1.54, 1.807) is 0 Å². The minimum Gasteiger partial charge on any atom is -0.322 e. The van der Waals surface area contributed by atoms with Crippen LogP contribution in [0.25, 0.3) is 0 Å². The molecule has 0 bridgehead atoms. The molecule has 0 spiro atoms. The van der Waals surface area contributed by atoms with Gasteiger partial charge in [0.05, 0.1) is 6.54 Å². The molecule has 0 radical (unpaired) electrons. The molecular weight excluding hydrogens is 276 g/mol. The van der Waals surface area contributed by atoms with E-state index in [2.05, 4.69) is 77.1 Å². The summed E-state index contributed by atoms with van der Waals surface area (Å²) in [5.74, 6) is 0. The molecule has 90 valence electrons. The zero-order valence-corrected chi connectivity index (χ0v) is 12.0. The second kappa shape index (κ2) is 4.96. The second-order valence-corrected chi connectivity index (χ2v) is 5.22. The first-order valence-electron chi connectivity index (χ1n) is 5.72. The molecule has 0 amide bonds. The lowest BCUT2D eigenvalue weighted by molar-refractivity contribution is 0.792. The van der Waals surface area contributed by atoms with Crippen LogP contribution in [0, 0.1) is 20.8 Å². The molecule has 1 heterocycles. The van der Waals surface area contributed by atoms with Gasteiger partial charge in [-0.15, -0.1) is 0 Å². The van der Waals surface area contributed by atoms with E-state index >= 15 is 0 Å². The Kier molecular flexibility index (Phi) is 3.57. The summed E-state index contributed by atoms with van der Waals surface area (Å²) in [5, 5.41) is 0. The van der Waals surface area contributed by atoms with Crippen molar-refractivity contribution in [2.24, 2.45) is 0 Å². The van der Waals surface area contributed by atoms with Gasteiger partial charge >= 0.3 is 0 Å². The minimum atomic E-state index is 0.829. The molecule has 0 fully saturated rings. The summed E-state index contributed by atoms with van der Waals surface area (Å²) in [7, 11) is 0. The molecule has 1 aromatic carbocycles. The van der Waals surface area contributed by atoms with Gasteiger partial charge in [-0.25, -0.2) is 0 Å². The summed E-state index contributed by atoms with van der Waals surface area (Å²) in [5.41, 5.74) is 8.42. The fraction of sp³-hybridized carbons (Fsp3) is 0.286. The molecule has 0 atom stereocenters. The Morgan fingerprint density at radius 1 is 1.06 bits per heavy atom. The number of aromatic nitrogens is 1. The van der Waals surface area contributed by atoms with Crippen LogP contribution in [0.2, 0.25) is 0 Å². The highest BCUT2D eigenvalue weighted by molar-refractivity contribution is 9.10. The zero-order valence-electron chi connectivity index (χ0n) is 10.4. The van der Waals surface area contributed by atoms with Crippen molar-refractivity contribution in [3.8, 4) is 0 Å². The van der Waals surface area contributed by atoms with Crippen LogP contribution in [0.1, 0.15) is 22.5 Å². The highest BCUT2D eigenvalue weighted by Gasteiger charge is 2.01. The maximum Gasteiger partial charge on any atom is 0.0564 e. The summed E-state index contributed by atoms with van der Waals surface area (Å²) in [6, 6.07) is 10.7. The molecule has 1 N–H and O–H groups in total. The Morgan fingerprint density at radius 2 is 1.71 bits per heavy atom. The maximum absolute atomic E-state index is 3.56. The summed E-state index contributed by atoms with van der Waals surface area (Å²) >= 11 is 3.56. The SMILES string of the molecule is Cc1ccc(CNn2c(C)ccc2C)cc1Br. The van der Waals surface area contributed by atoms with Gasteiger partial charge in [0, 0.05) is 15.9 Å². The van der Waals surface area contributed by atoms with Gasteiger partial charge in [0.25, 0.3) is 0 Å². The van der Waals surface area contributed by atoms with Crippen molar-refractivity contribution in [2.45, 2.75) is 27.3 Å². The van der Waals surface area contributed by atoms with E-state index in [1.165, 1.54) is 22.5 Å². The van der Waals surface area contributed by atoms with E-state index in [-0.39, 0.29) is 0 Å². The third kappa shape index (κ3) is 2.72. The van der Waals surface area contributed by atoms with Crippen molar-refractivity contribution in [3.05, 3.63) is 57.3 Å². The molecule has 0 aliphatic rings. The Labute approximate surface area is 111 Å². The average molecular weight is 293 g/mol. The number of halogens is 1. The molecule has 17 heavy (non-hydrogen) atoms. The van der Waals surface area contributed by atoms with E-state index in [0.717, 1.165) is 11.0 Å². The van der Waals surface area contributed by atoms with Crippen molar-refractivity contribution in [1.82, 2.24) is 4.68 Å². The molecule has 0 unspecified atom stereocenters. The molecule has 0 aliphatic heterocycles. The number of nitrogens with zero attached hydrogens (tertiary/aromatic N) is 1. The number of rotatable bonds is 3. The smallest absolute Gasteiger partial charge is 0.0564 e. The van der Waals surface area contributed by atoms with Gasteiger partial charge in [-0.05, 0) is 50.1 Å². The van der Waals surface area contributed by atoms with Crippen LogP contribution in [0.15, 0.2) is 34.8 Å². The number of hydrogen-bond donors (Lipinski definition) is 1. The minimum absolute atomic E-state index is 0.829. The van der Waals surface area contributed by atoms with Gasteiger partial charge in [-0.3, -0.25) is 4.68 Å². The van der Waals surface area contributed by atoms with Crippen molar-refractivity contribution in [2.75, 3.05) is 5.43 Å². The predicted octanol–water partition coefficient (Wildman–Crippen LogP) is 3.92. The predicted molar refractivity (Wildman–Crippen MR) is 75.8 cm³/mol. The third-order valence-corrected chi connectivity index (χ3v) is 3.80. The number of benzene rings is 1. The van der Waals surface area contributed by atoms with Crippen LogP contribution in [-0.2, 0) is 6.54 Å². The Bertz CT molecular complexity index is 510. The molecule has 0 saturated carbocycles. The quantitative estimate of drug-likeness (QED) is 0.907. The van der Waals surface area contributed by atoms with Gasteiger partial charge in [-0.1, -0.05) is 28.1 Å². The largest absolute Gasteiger partial charge is 0.322 e. The first-order chi connectivity index (χ1) is 8.08. The average Bonchev–Trinajstić information content (AvgIpc) is 2.61. The molecule has 0 aliphatic carbocycles. The Balaban J connectivity index is 2.10. The van der Waals surface area contributed by atoms with Gasteiger partial charge in [0.1, 0.15) is 0 Å². The summed E-state index contributed by atoms with van der Waals surface area (Å²) in [4.78, 5) is 0. The molecule has 2 rings (SSSR count). The third-order valence-electron chi connectivity index (χ3n) is 2.95. The van der Waals surface area contributed by atoms with E-state index in [9.17, 15) is 0 Å². The van der Waals surface area contributed by atoms with Crippen LogP contribution >= 0.6 is 15.9 Å². The lowest BCUT2D eigenvalue weighted by Crippen LogP contribution is -2.16. The standard InChI is InChI=1S/C14H17BrN2/c1-10-4-7-13(8-14(10)15)9-16-17-11(2)5-6-12(17)3/h4-8,16H,9H2,1-3H3. The molecule has 2 nitrogen and oxygen atoms in total. The first-order valence-corrected chi connectivity index (χ1v) is 6.51. The highest BCUT2D eigenvalue weighted by atomic mass is 79.9. The number of hydrogen-bond acceptors (Lipinski definition) is 1. The van der Waals surface area contributed by atoms with Gasteiger partial charge in [0.15, 0.2) is 0 Å². The van der Waals surface area contributed by atoms with E-state index in [0.29, 0.717) is 0 Å². The molecule has 3 heteroatoms. The van der Waals surface area contributed by atoms with Crippen molar-refractivity contribution < 1.29 is 0 Å². The van der Waals surface area contributed by atoms with Crippen LogP contribution in [0.5, 0.6) is 0 Å². The Morgan fingerprint density at radius 3 is 2.29 bits per heavy atom. The van der Waals surface area contributed by atoms with Crippen LogP contribution in [0.4, 0.5) is 0 Å². The molecule has 1 aromatic heterocycles. The van der Waals surface area contributed by atoms with Crippen molar-refractivity contribution >= 4 is 15.9 Å². The zero-order chi connectivity index (χ0) is 12.4. The molecule has 2 aromatic rings. The van der Waals surface area contributed by atoms with Crippen LogP contribution in [0.3, 0.4) is 0 Å². The number of aryl methyl sites for hydroxylation is 3. The van der Waals surface area contributed by atoms with Crippen molar-refractivity contribution in [3.63, 3.8) is 0 Å². The fourth-order valence-electron chi connectivity index (χ4n) is 1.83. The van der Waals surface area contributed by atoms with Gasteiger partial charge in [-0.2, -0.15) is 0 Å². The Hall–Kier alpha value is -1.22. The van der Waals surface area contributed by atoms with Crippen LogP contribution < -0.4 is 5.43 Å².